The van der Waals surface area contributed by atoms with Crippen molar-refractivity contribution in [2.45, 2.75) is 31.8 Å². The Morgan fingerprint density at radius 1 is 1.64 bits per heavy atom. The fraction of sp³-hybridized carbons (Fsp3) is 0.750. The average molecular weight is 198 g/mol. The molecular formula is C8H14BN2O3. The Morgan fingerprint density at radius 3 is 2.93 bits per heavy atom. The van der Waals surface area contributed by atoms with Gasteiger partial charge in [0, 0.05) is 6.04 Å². The Kier molecular flexibility index (Phi) is 3.03. The Morgan fingerprint density at radius 2 is 2.36 bits per heavy atom. The lowest BCUT2D eigenvalue weighted by atomic mass is 9.81. The van der Waals surface area contributed by atoms with E-state index in [0.29, 0.717) is 12.8 Å². The monoisotopic (exact) mass is 198 g/mol. The maximum Gasteiger partial charge on any atom is 0.229 e. The highest BCUT2D eigenvalue weighted by Gasteiger charge is 2.37. The third-order valence-electron chi connectivity index (χ3n) is 2.46. The van der Waals surface area contributed by atoms with Gasteiger partial charge < -0.3 is 16.2 Å². The van der Waals surface area contributed by atoms with Crippen LogP contribution in [0.4, 0.5) is 4.79 Å². The first kappa shape index (κ1) is 9.52. The van der Waals surface area contributed by atoms with Crippen LogP contribution in [0.15, 0.2) is 0 Å². The topological polar surface area (TPSA) is 92.4 Å². The summed E-state index contributed by atoms with van der Waals surface area (Å²) in [6.45, 7) is 1.60. The van der Waals surface area contributed by atoms with Crippen molar-refractivity contribution in [3.05, 3.63) is 0 Å². The van der Waals surface area contributed by atoms with Gasteiger partial charge in [-0.3, -0.25) is 9.59 Å². The molecule has 0 aromatic carbocycles. The van der Waals surface area contributed by atoms with Gasteiger partial charge in [0.15, 0.2) is 7.22 Å². The van der Waals surface area contributed by atoms with Crippen LogP contribution < -0.4 is 11.0 Å². The third kappa shape index (κ3) is 2.48. The van der Waals surface area contributed by atoms with Crippen LogP contribution >= 0.6 is 0 Å². The van der Waals surface area contributed by atoms with Gasteiger partial charge in [0.1, 0.15) is 0 Å². The summed E-state index contributed by atoms with van der Waals surface area (Å²) in [5.74, 6) is -1.24. The second-order valence-electron chi connectivity index (χ2n) is 3.50. The first-order valence-electron chi connectivity index (χ1n) is 5.08. The van der Waals surface area contributed by atoms with E-state index in [9.17, 15) is 14.7 Å². The Labute approximate surface area is 84.7 Å². The molecule has 0 aromatic rings. The number of carbonyl (C=O) groups excluding carboxylic acids is 2. The van der Waals surface area contributed by atoms with Crippen LogP contribution in [0.3, 0.4) is 0 Å². The van der Waals surface area contributed by atoms with Crippen molar-refractivity contribution in [2.75, 3.05) is 0 Å². The molecule has 1 rings (SSSR count). The van der Waals surface area contributed by atoms with Gasteiger partial charge in [-0.05, 0) is 12.8 Å². The van der Waals surface area contributed by atoms with Gasteiger partial charge in [-0.15, -0.1) is 0 Å². The zero-order valence-electron chi connectivity index (χ0n) is 8.99. The van der Waals surface area contributed by atoms with Gasteiger partial charge in [-0.1, -0.05) is 6.82 Å². The molecule has 77 valence electrons. The second kappa shape index (κ2) is 4.46. The Hall–Kier alpha value is -1.04. The lowest BCUT2D eigenvalue weighted by Gasteiger charge is -2.17. The summed E-state index contributed by atoms with van der Waals surface area (Å²) >= 11 is 0. The van der Waals surface area contributed by atoms with E-state index >= 15 is 0 Å². The minimum absolute atomic E-state index is 0.267. The minimum atomic E-state index is -0.588. The number of nitrogens with two attached hydrogens (primary N) is 1. The van der Waals surface area contributed by atoms with Crippen molar-refractivity contribution in [3.8, 4) is 0 Å². The van der Waals surface area contributed by atoms with Crippen molar-refractivity contribution in [2.24, 2.45) is 11.6 Å². The molecule has 1 radical (unpaired) electrons. The molecule has 1 aliphatic rings. The van der Waals surface area contributed by atoms with E-state index in [0.717, 1.165) is 0 Å². The van der Waals surface area contributed by atoms with E-state index in [1.807, 2.05) is 0 Å². The average Bonchev–Trinajstić information content (AvgIpc) is 2.58. The third-order valence-corrected chi connectivity index (χ3v) is 2.46. The van der Waals surface area contributed by atoms with Crippen LogP contribution in [-0.4, -0.2) is 36.2 Å². The van der Waals surface area contributed by atoms with Gasteiger partial charge in [0.05, 0.1) is 12.0 Å². The number of hydrogen-bond donors (Lipinski definition) is 3. The highest BCUT2D eigenvalue weighted by atomic mass is 16.3. The highest BCUT2D eigenvalue weighted by molar-refractivity contribution is 6.72. The van der Waals surface area contributed by atoms with Gasteiger partial charge >= 0.3 is 0 Å². The van der Waals surface area contributed by atoms with Crippen LogP contribution in [0.2, 0.25) is 8.23 Å². The van der Waals surface area contributed by atoms with E-state index in [-0.39, 0.29) is 11.8 Å². The number of nitrogens with one attached hydrogen (secondary N) is 1. The molecule has 0 spiro atoms. The first-order valence-corrected chi connectivity index (χ1v) is 4.58. The van der Waals surface area contributed by atoms with Crippen molar-refractivity contribution in [3.63, 3.8) is 0 Å². The summed E-state index contributed by atoms with van der Waals surface area (Å²) < 4.78 is 6.76. The molecule has 4 N–H and O–H groups in total. The number of primary amides is 1. The summed E-state index contributed by atoms with van der Waals surface area (Å²) in [6.07, 6.45) is 0.0614. The van der Waals surface area contributed by atoms with E-state index in [2.05, 4.69) is 5.32 Å². The van der Waals surface area contributed by atoms with Crippen molar-refractivity contribution in [1.29, 1.82) is 0 Å². The number of rotatable bonds is 3. The number of aliphatic hydroxyl groups excluding tert-OH is 1. The van der Waals surface area contributed by atoms with Gasteiger partial charge in [0.2, 0.25) is 13.2 Å². The summed E-state index contributed by atoms with van der Waals surface area (Å²) in [6, 6.07) is -0.381. The summed E-state index contributed by atoms with van der Waals surface area (Å²) in [7, 11) is 1.36. The predicted molar refractivity (Wildman–Crippen MR) is 51.9 cm³/mol. The zero-order chi connectivity index (χ0) is 11.4. The Balaban J connectivity index is 2.60. The Bertz CT molecular complexity index is 264. The maximum absolute atomic E-state index is 11.3. The zero-order valence-corrected chi connectivity index (χ0v) is 7.99. The van der Waals surface area contributed by atoms with Crippen molar-refractivity contribution in [1.82, 2.24) is 5.32 Å². The fourth-order valence-corrected chi connectivity index (χ4v) is 1.73. The number of carbonyl (C=O) groups is 2. The number of amides is 2. The molecule has 6 heteroatoms. The predicted octanol–water partition coefficient (Wildman–Crippen LogP) is -0.927. The maximum atomic E-state index is 11.3. The van der Waals surface area contributed by atoms with Gasteiger partial charge in [-0.2, -0.15) is 0 Å². The normalized spacial score (nSPS) is 31.9. The largest absolute Gasteiger partial charge is 0.393 e. The lowest BCUT2D eigenvalue weighted by Crippen LogP contribution is -2.43. The van der Waals surface area contributed by atoms with Crippen LogP contribution in [0, 0.1) is 5.92 Å². The lowest BCUT2D eigenvalue weighted by molar-refractivity contribution is -0.122. The molecule has 5 nitrogen and oxygen atoms in total. The van der Waals surface area contributed by atoms with E-state index in [1.165, 1.54) is 7.28 Å². The number of hydrogen-bond acceptors (Lipinski definition) is 3. The van der Waals surface area contributed by atoms with E-state index in [1.54, 1.807) is 12.5 Å². The molecule has 1 fully saturated rings. The minimum Gasteiger partial charge on any atom is -0.393 e. The highest BCUT2D eigenvalue weighted by Crippen LogP contribution is 2.25. The van der Waals surface area contributed by atoms with Crippen LogP contribution in [0.25, 0.3) is 0 Å². The second-order valence-corrected chi connectivity index (χ2v) is 3.50. The van der Waals surface area contributed by atoms with Crippen LogP contribution in [0.5, 0.6) is 0 Å². The smallest absolute Gasteiger partial charge is 0.229 e. The molecule has 0 aliphatic heterocycles. The molecule has 1 saturated carbocycles. The molecule has 0 bridgehead atoms. The van der Waals surface area contributed by atoms with Crippen LogP contribution in [-0.2, 0) is 4.79 Å². The fourth-order valence-electron chi connectivity index (χ4n) is 1.73. The summed E-state index contributed by atoms with van der Waals surface area (Å²) in [5.41, 5.74) is 1.79. The molecule has 0 heterocycles. The van der Waals surface area contributed by atoms with Gasteiger partial charge in [-0.25, -0.2) is 0 Å². The van der Waals surface area contributed by atoms with Crippen LogP contribution in [0.1, 0.15) is 12.8 Å². The molecule has 2 amide bonds. The SMILES string of the molecule is [2H]NC(=O)[C@H]1CC(O)C[C@@H]1NC(=O)[B]C. The van der Waals surface area contributed by atoms with Crippen molar-refractivity contribution < 1.29 is 16.1 Å². The van der Waals surface area contributed by atoms with Crippen molar-refractivity contribution >= 4 is 19.0 Å². The summed E-state index contributed by atoms with van der Waals surface area (Å²) in [4.78, 5) is 22.4. The summed E-state index contributed by atoms with van der Waals surface area (Å²) in [5, 5.41) is 12.0. The molecule has 1 unspecified atom stereocenters. The molecule has 0 aromatic heterocycles. The van der Waals surface area contributed by atoms with E-state index < -0.39 is 17.9 Å². The molecule has 1 aliphatic carbocycles. The molecule has 3 atom stereocenters. The first-order chi connectivity index (χ1) is 7.08. The number of aliphatic hydroxyl groups is 1. The quantitative estimate of drug-likeness (QED) is 0.511. The molecular weight excluding hydrogens is 183 g/mol. The van der Waals surface area contributed by atoms with E-state index in [4.69, 9.17) is 1.41 Å². The van der Waals surface area contributed by atoms with Gasteiger partial charge in [0.25, 0.3) is 0 Å². The molecule has 14 heavy (non-hydrogen) atoms. The molecule has 0 saturated heterocycles. The standard InChI is InChI=1S/C8H14BN2O3/c1-9-8(14)11-6-3-4(12)2-5(6)7(10)13/h4-6,12H,2-3H2,1H3,(H2,10,13)(H,11,14)/t4?,5-,6-/m0/s1/i/hD.